The molecule has 0 saturated heterocycles. The van der Waals surface area contributed by atoms with Gasteiger partial charge in [0.25, 0.3) is 5.91 Å². The zero-order valence-corrected chi connectivity index (χ0v) is 14.5. The zero-order valence-electron chi connectivity index (χ0n) is 14.5. The molecular formula is C18H28N4O2. The van der Waals surface area contributed by atoms with Crippen molar-refractivity contribution in [1.29, 1.82) is 0 Å². The van der Waals surface area contributed by atoms with Crippen molar-refractivity contribution in [3.63, 3.8) is 0 Å². The summed E-state index contributed by atoms with van der Waals surface area (Å²) in [7, 11) is 1.76. The van der Waals surface area contributed by atoms with Crippen molar-refractivity contribution in [3.05, 3.63) is 11.8 Å². The third-order valence-electron chi connectivity index (χ3n) is 5.28. The van der Waals surface area contributed by atoms with Gasteiger partial charge < -0.3 is 10.6 Å². The maximum absolute atomic E-state index is 12.4. The lowest BCUT2D eigenvalue weighted by atomic mass is 10.1. The quantitative estimate of drug-likeness (QED) is 0.832. The summed E-state index contributed by atoms with van der Waals surface area (Å²) in [4.78, 5) is 24.7. The van der Waals surface area contributed by atoms with Gasteiger partial charge in [-0.3, -0.25) is 14.3 Å². The summed E-state index contributed by atoms with van der Waals surface area (Å²) >= 11 is 0. The van der Waals surface area contributed by atoms with E-state index in [9.17, 15) is 9.59 Å². The maximum Gasteiger partial charge on any atom is 0.272 e. The van der Waals surface area contributed by atoms with Gasteiger partial charge in [-0.1, -0.05) is 38.5 Å². The molecule has 2 aliphatic carbocycles. The fourth-order valence-electron chi connectivity index (χ4n) is 3.79. The first-order valence-corrected chi connectivity index (χ1v) is 9.29. The predicted molar refractivity (Wildman–Crippen MR) is 92.8 cm³/mol. The standard InChI is InChI=1S/C18H28N4O2/c1-22-16(20-17(23)13-8-6-7-9-13)12-15(21-22)18(24)19-14-10-4-2-3-5-11-14/h12-14H,2-11H2,1H3,(H,19,24)(H,20,23). The van der Waals surface area contributed by atoms with Crippen LogP contribution in [0.5, 0.6) is 0 Å². The summed E-state index contributed by atoms with van der Waals surface area (Å²) in [5.74, 6) is 0.603. The summed E-state index contributed by atoms with van der Waals surface area (Å²) in [5, 5.41) is 10.3. The van der Waals surface area contributed by atoms with Crippen molar-refractivity contribution in [2.24, 2.45) is 13.0 Å². The fourth-order valence-corrected chi connectivity index (χ4v) is 3.79. The van der Waals surface area contributed by atoms with Crippen molar-refractivity contribution in [2.75, 3.05) is 5.32 Å². The number of hydrogen-bond acceptors (Lipinski definition) is 3. The molecule has 1 aromatic heterocycles. The minimum atomic E-state index is -0.140. The van der Waals surface area contributed by atoms with Gasteiger partial charge in [-0.05, 0) is 25.7 Å². The predicted octanol–water partition coefficient (Wildman–Crippen LogP) is 3.00. The van der Waals surface area contributed by atoms with E-state index in [0.29, 0.717) is 11.5 Å². The van der Waals surface area contributed by atoms with E-state index < -0.39 is 0 Å². The van der Waals surface area contributed by atoms with Gasteiger partial charge in [0, 0.05) is 25.1 Å². The number of nitrogens with zero attached hydrogens (tertiary/aromatic N) is 2. The molecule has 132 valence electrons. The molecule has 2 N–H and O–H groups in total. The van der Waals surface area contributed by atoms with Gasteiger partial charge in [0.2, 0.25) is 5.91 Å². The van der Waals surface area contributed by atoms with Crippen LogP contribution in [0, 0.1) is 5.92 Å². The van der Waals surface area contributed by atoms with Gasteiger partial charge in [0.05, 0.1) is 0 Å². The molecule has 2 saturated carbocycles. The van der Waals surface area contributed by atoms with Crippen LogP contribution in [0.1, 0.15) is 74.7 Å². The van der Waals surface area contributed by atoms with Crippen LogP contribution >= 0.6 is 0 Å². The second kappa shape index (κ2) is 7.81. The molecule has 0 radical (unpaired) electrons. The van der Waals surface area contributed by atoms with Gasteiger partial charge in [-0.25, -0.2) is 0 Å². The van der Waals surface area contributed by atoms with E-state index in [0.717, 1.165) is 38.5 Å². The molecule has 1 heterocycles. The third kappa shape index (κ3) is 4.16. The van der Waals surface area contributed by atoms with Crippen molar-refractivity contribution in [3.8, 4) is 0 Å². The Kier molecular flexibility index (Phi) is 5.53. The van der Waals surface area contributed by atoms with Crippen molar-refractivity contribution in [2.45, 2.75) is 70.3 Å². The number of carbonyl (C=O) groups excluding carboxylic acids is 2. The summed E-state index contributed by atoms with van der Waals surface area (Å²) < 4.78 is 1.58. The van der Waals surface area contributed by atoms with E-state index in [1.165, 1.54) is 25.7 Å². The topological polar surface area (TPSA) is 76.0 Å². The van der Waals surface area contributed by atoms with Crippen LogP contribution in [0.2, 0.25) is 0 Å². The lowest BCUT2D eigenvalue weighted by Crippen LogP contribution is -2.34. The molecule has 24 heavy (non-hydrogen) atoms. The number of carbonyl (C=O) groups is 2. The molecule has 2 fully saturated rings. The van der Waals surface area contributed by atoms with E-state index in [1.807, 2.05) is 0 Å². The first-order chi connectivity index (χ1) is 11.6. The summed E-state index contributed by atoms with van der Waals surface area (Å²) in [5.41, 5.74) is 0.378. The van der Waals surface area contributed by atoms with Crippen LogP contribution in [0.3, 0.4) is 0 Å². The highest BCUT2D eigenvalue weighted by molar-refractivity contribution is 5.96. The summed E-state index contributed by atoms with van der Waals surface area (Å²) in [6.45, 7) is 0. The van der Waals surface area contributed by atoms with Gasteiger partial charge in [-0.2, -0.15) is 5.10 Å². The molecule has 6 nitrogen and oxygen atoms in total. The number of aromatic nitrogens is 2. The molecule has 0 aliphatic heterocycles. The lowest BCUT2D eigenvalue weighted by Gasteiger charge is -2.14. The van der Waals surface area contributed by atoms with Gasteiger partial charge >= 0.3 is 0 Å². The highest BCUT2D eigenvalue weighted by Crippen LogP contribution is 2.26. The first kappa shape index (κ1) is 17.0. The Hall–Kier alpha value is -1.85. The van der Waals surface area contributed by atoms with Crippen molar-refractivity contribution in [1.82, 2.24) is 15.1 Å². The average Bonchev–Trinajstić information content (AvgIpc) is 3.14. The second-order valence-corrected chi connectivity index (χ2v) is 7.17. The summed E-state index contributed by atoms with van der Waals surface area (Å²) in [6.07, 6.45) is 11.1. The molecule has 0 unspecified atom stereocenters. The Morgan fingerprint density at radius 3 is 2.33 bits per heavy atom. The number of nitrogens with one attached hydrogen (secondary N) is 2. The molecule has 0 spiro atoms. The second-order valence-electron chi connectivity index (χ2n) is 7.17. The van der Waals surface area contributed by atoms with E-state index in [2.05, 4.69) is 15.7 Å². The lowest BCUT2D eigenvalue weighted by molar-refractivity contribution is -0.119. The number of anilines is 1. The molecule has 2 amide bonds. The van der Waals surface area contributed by atoms with E-state index in [4.69, 9.17) is 0 Å². The zero-order chi connectivity index (χ0) is 16.9. The fraction of sp³-hybridized carbons (Fsp3) is 0.722. The van der Waals surface area contributed by atoms with Crippen molar-refractivity contribution < 1.29 is 9.59 Å². The van der Waals surface area contributed by atoms with Crippen LogP contribution in [-0.4, -0.2) is 27.6 Å². The van der Waals surface area contributed by atoms with E-state index in [-0.39, 0.29) is 23.8 Å². The molecule has 1 aromatic rings. The maximum atomic E-state index is 12.4. The van der Waals surface area contributed by atoms with Crippen LogP contribution in [-0.2, 0) is 11.8 Å². The highest BCUT2D eigenvalue weighted by Gasteiger charge is 2.24. The minimum Gasteiger partial charge on any atom is -0.348 e. The molecular weight excluding hydrogens is 304 g/mol. The van der Waals surface area contributed by atoms with Crippen LogP contribution in [0.4, 0.5) is 5.82 Å². The van der Waals surface area contributed by atoms with Crippen LogP contribution < -0.4 is 10.6 Å². The van der Waals surface area contributed by atoms with Crippen LogP contribution in [0.25, 0.3) is 0 Å². The molecule has 2 aliphatic rings. The van der Waals surface area contributed by atoms with E-state index in [1.54, 1.807) is 17.8 Å². The average molecular weight is 332 g/mol. The largest absolute Gasteiger partial charge is 0.348 e. The normalized spacial score (nSPS) is 19.9. The monoisotopic (exact) mass is 332 g/mol. The summed E-state index contributed by atoms with van der Waals surface area (Å²) in [6, 6.07) is 1.93. The SMILES string of the molecule is Cn1nc(C(=O)NC2CCCCCC2)cc1NC(=O)C1CCCC1. The Balaban J connectivity index is 1.59. The van der Waals surface area contributed by atoms with Gasteiger partial charge in [0.15, 0.2) is 5.69 Å². The van der Waals surface area contributed by atoms with Gasteiger partial charge in [0.1, 0.15) is 5.82 Å². The Bertz CT molecular complexity index is 582. The number of rotatable bonds is 4. The van der Waals surface area contributed by atoms with E-state index >= 15 is 0 Å². The Morgan fingerprint density at radius 2 is 1.67 bits per heavy atom. The molecule has 0 atom stereocenters. The van der Waals surface area contributed by atoms with Crippen LogP contribution in [0.15, 0.2) is 6.07 Å². The smallest absolute Gasteiger partial charge is 0.272 e. The molecule has 6 heteroatoms. The first-order valence-electron chi connectivity index (χ1n) is 9.29. The molecule has 0 aromatic carbocycles. The molecule has 3 rings (SSSR count). The van der Waals surface area contributed by atoms with Crippen molar-refractivity contribution >= 4 is 17.6 Å². The number of hydrogen-bond donors (Lipinski definition) is 2. The number of aryl methyl sites for hydroxylation is 1. The Labute approximate surface area is 143 Å². The number of amides is 2. The minimum absolute atomic E-state index is 0.0474. The van der Waals surface area contributed by atoms with Gasteiger partial charge in [-0.15, -0.1) is 0 Å². The Morgan fingerprint density at radius 1 is 1.04 bits per heavy atom. The third-order valence-corrected chi connectivity index (χ3v) is 5.28. The molecule has 0 bridgehead atoms. The highest BCUT2D eigenvalue weighted by atomic mass is 16.2.